The van der Waals surface area contributed by atoms with E-state index < -0.39 is 0 Å². The first-order chi connectivity index (χ1) is 30.8. The minimum Gasteiger partial charge on any atom is -0.309 e. The van der Waals surface area contributed by atoms with Gasteiger partial charge in [-0.25, -0.2) is 0 Å². The van der Waals surface area contributed by atoms with Gasteiger partial charge in [-0.05, 0) is 81.4 Å². The molecular formula is C60H40N2. The smallest absolute Gasteiger partial charge is 0.0619 e. The molecule has 62 heavy (non-hydrogen) atoms. The van der Waals surface area contributed by atoms with Crippen molar-refractivity contribution in [3.8, 4) is 67.0 Å². The van der Waals surface area contributed by atoms with Crippen LogP contribution in [0.2, 0.25) is 0 Å². The molecule has 0 unspecified atom stereocenters. The first kappa shape index (κ1) is 35.7. The fourth-order valence-corrected chi connectivity index (χ4v) is 9.70. The summed E-state index contributed by atoms with van der Waals surface area (Å²) in [5, 5.41) is 4.93. The van der Waals surface area contributed by atoms with Crippen molar-refractivity contribution in [1.29, 1.82) is 0 Å². The second-order valence-electron chi connectivity index (χ2n) is 16.1. The second kappa shape index (κ2) is 14.8. The number of para-hydroxylation sites is 3. The van der Waals surface area contributed by atoms with Gasteiger partial charge in [0.05, 0.1) is 27.8 Å². The van der Waals surface area contributed by atoms with Gasteiger partial charge in [-0.3, -0.25) is 0 Å². The zero-order valence-corrected chi connectivity index (χ0v) is 34.0. The molecule has 10 aromatic carbocycles. The number of nitrogens with zero attached hydrogens (tertiary/aromatic N) is 2. The van der Waals surface area contributed by atoms with Gasteiger partial charge >= 0.3 is 0 Å². The highest BCUT2D eigenvalue weighted by Gasteiger charge is 2.21. The van der Waals surface area contributed by atoms with Crippen molar-refractivity contribution in [2.24, 2.45) is 0 Å². The van der Waals surface area contributed by atoms with Gasteiger partial charge in [0.25, 0.3) is 0 Å². The van der Waals surface area contributed by atoms with Crippen LogP contribution in [0.25, 0.3) is 111 Å². The van der Waals surface area contributed by atoms with Crippen LogP contribution in [0, 0.1) is 0 Å². The predicted octanol–water partition coefficient (Wildman–Crippen LogP) is 16.2. The fourth-order valence-electron chi connectivity index (χ4n) is 9.70. The van der Waals surface area contributed by atoms with Gasteiger partial charge < -0.3 is 9.13 Å². The summed E-state index contributed by atoms with van der Waals surface area (Å²) in [6, 6.07) is 88.4. The molecule has 0 aliphatic rings. The fraction of sp³-hybridized carbons (Fsp3) is 0. The minimum atomic E-state index is 1.12. The van der Waals surface area contributed by atoms with Gasteiger partial charge in [-0.2, -0.15) is 0 Å². The van der Waals surface area contributed by atoms with Crippen LogP contribution in [0.4, 0.5) is 0 Å². The summed E-state index contributed by atoms with van der Waals surface area (Å²) in [6.45, 7) is 0. The van der Waals surface area contributed by atoms with Crippen LogP contribution in [-0.4, -0.2) is 9.13 Å². The third-order valence-corrected chi connectivity index (χ3v) is 12.5. The molecule has 0 N–H and O–H groups in total. The Morgan fingerprint density at radius 3 is 1.19 bits per heavy atom. The van der Waals surface area contributed by atoms with E-state index in [1.165, 1.54) is 93.7 Å². The third-order valence-electron chi connectivity index (χ3n) is 12.5. The van der Waals surface area contributed by atoms with Gasteiger partial charge in [-0.15, -0.1) is 0 Å². The van der Waals surface area contributed by atoms with E-state index in [0.29, 0.717) is 0 Å². The van der Waals surface area contributed by atoms with Crippen molar-refractivity contribution in [3.63, 3.8) is 0 Å². The number of aromatic nitrogens is 2. The number of rotatable bonds is 7. The van der Waals surface area contributed by atoms with Crippen LogP contribution in [0.3, 0.4) is 0 Å². The quantitative estimate of drug-likeness (QED) is 0.152. The molecule has 0 radical (unpaired) electrons. The Morgan fingerprint density at radius 1 is 0.226 bits per heavy atom. The Labute approximate surface area is 360 Å². The molecule has 0 spiro atoms. The third kappa shape index (κ3) is 5.88. The Hall–Kier alpha value is -8.20. The van der Waals surface area contributed by atoms with Crippen molar-refractivity contribution in [1.82, 2.24) is 9.13 Å². The Balaban J connectivity index is 1.10. The highest BCUT2D eigenvalue weighted by molar-refractivity contribution is 6.16. The van der Waals surface area contributed by atoms with Crippen molar-refractivity contribution in [3.05, 3.63) is 243 Å². The monoisotopic (exact) mass is 788 g/mol. The number of fused-ring (bicyclic) bond motifs is 6. The first-order valence-corrected chi connectivity index (χ1v) is 21.3. The van der Waals surface area contributed by atoms with Crippen LogP contribution in [-0.2, 0) is 0 Å². The lowest BCUT2D eigenvalue weighted by Gasteiger charge is -2.17. The Morgan fingerprint density at radius 2 is 0.645 bits per heavy atom. The van der Waals surface area contributed by atoms with Crippen molar-refractivity contribution < 1.29 is 0 Å². The lowest BCUT2D eigenvalue weighted by atomic mass is 10.00. The average molecular weight is 789 g/mol. The molecule has 12 rings (SSSR count). The molecular weight excluding hydrogens is 749 g/mol. The molecule has 12 aromatic rings. The molecule has 0 bridgehead atoms. The van der Waals surface area contributed by atoms with E-state index in [1.54, 1.807) is 0 Å². The van der Waals surface area contributed by atoms with Crippen LogP contribution >= 0.6 is 0 Å². The standard InChI is InChI=1S/C60H40N2/c1-5-18-41(19-6-1)45-34-36-57-54(39-45)52-31-16-29-50(43-22-9-3-10-23-43)59(52)61(57)48-27-15-26-47(38-48)49-28-13-14-33-56(49)62-58-37-35-46(42-20-7-2-8-21-42)40-55(58)53-32-17-30-51(60(53)62)44-24-11-4-12-25-44/h1-40H. The molecule has 0 atom stereocenters. The molecule has 2 nitrogen and oxygen atoms in total. The normalized spacial score (nSPS) is 11.5. The number of benzene rings is 10. The van der Waals surface area contributed by atoms with E-state index >= 15 is 0 Å². The van der Waals surface area contributed by atoms with E-state index in [1.807, 2.05) is 0 Å². The topological polar surface area (TPSA) is 9.86 Å². The van der Waals surface area contributed by atoms with Crippen molar-refractivity contribution >= 4 is 43.6 Å². The maximum Gasteiger partial charge on any atom is 0.0619 e. The van der Waals surface area contributed by atoms with Gasteiger partial charge in [-0.1, -0.05) is 200 Å². The van der Waals surface area contributed by atoms with Crippen LogP contribution in [0.5, 0.6) is 0 Å². The lowest BCUT2D eigenvalue weighted by Crippen LogP contribution is -2.00. The van der Waals surface area contributed by atoms with Crippen LogP contribution < -0.4 is 0 Å². The first-order valence-electron chi connectivity index (χ1n) is 21.3. The summed E-state index contributed by atoms with van der Waals surface area (Å²) in [7, 11) is 0. The molecule has 2 aromatic heterocycles. The summed E-state index contributed by atoms with van der Waals surface area (Å²) in [6.07, 6.45) is 0. The van der Waals surface area contributed by atoms with Gasteiger partial charge in [0.15, 0.2) is 0 Å². The molecule has 290 valence electrons. The second-order valence-corrected chi connectivity index (χ2v) is 16.1. The van der Waals surface area contributed by atoms with E-state index in [4.69, 9.17) is 0 Å². The molecule has 2 heteroatoms. The SMILES string of the molecule is c1ccc(-c2ccc3c(c2)c2cccc(-c4ccccc4)c2n3-c2cccc(-c3ccccc3-n3c4ccc(-c5ccccc5)cc4c4cccc(-c5ccccc5)c43)c2)cc1. The van der Waals surface area contributed by atoms with E-state index in [9.17, 15) is 0 Å². The average Bonchev–Trinajstić information content (AvgIpc) is 3.87. The van der Waals surface area contributed by atoms with E-state index in [0.717, 1.165) is 16.9 Å². The van der Waals surface area contributed by atoms with E-state index in [2.05, 4.69) is 252 Å². The maximum atomic E-state index is 2.50. The Kier molecular flexibility index (Phi) is 8.53. The predicted molar refractivity (Wildman–Crippen MR) is 262 cm³/mol. The highest BCUT2D eigenvalue weighted by atomic mass is 15.0. The zero-order chi connectivity index (χ0) is 41.0. The van der Waals surface area contributed by atoms with E-state index in [-0.39, 0.29) is 0 Å². The number of hydrogen-bond acceptors (Lipinski definition) is 0. The number of hydrogen-bond donors (Lipinski definition) is 0. The summed E-state index contributed by atoms with van der Waals surface area (Å²) < 4.78 is 4.98. The molecule has 0 aliphatic heterocycles. The summed E-state index contributed by atoms with van der Waals surface area (Å²) in [4.78, 5) is 0. The largest absolute Gasteiger partial charge is 0.309 e. The molecule has 0 saturated heterocycles. The highest BCUT2D eigenvalue weighted by Crippen LogP contribution is 2.44. The van der Waals surface area contributed by atoms with Crippen LogP contribution in [0.1, 0.15) is 0 Å². The van der Waals surface area contributed by atoms with Gasteiger partial charge in [0.2, 0.25) is 0 Å². The van der Waals surface area contributed by atoms with Crippen molar-refractivity contribution in [2.75, 3.05) is 0 Å². The summed E-state index contributed by atoms with van der Waals surface area (Å²) in [5.74, 6) is 0. The minimum absolute atomic E-state index is 1.12. The van der Waals surface area contributed by atoms with Gasteiger partial charge in [0, 0.05) is 43.9 Å². The van der Waals surface area contributed by atoms with Gasteiger partial charge in [0.1, 0.15) is 0 Å². The molecule has 2 heterocycles. The maximum absolute atomic E-state index is 2.50. The summed E-state index contributed by atoms with van der Waals surface area (Å²) >= 11 is 0. The Bertz CT molecular complexity index is 3600. The molecule has 0 amide bonds. The summed E-state index contributed by atoms with van der Waals surface area (Å²) in [5.41, 5.74) is 19.0. The zero-order valence-electron chi connectivity index (χ0n) is 34.0. The molecule has 0 saturated carbocycles. The lowest BCUT2D eigenvalue weighted by molar-refractivity contribution is 1.17. The molecule has 0 fully saturated rings. The van der Waals surface area contributed by atoms with Crippen LogP contribution in [0.15, 0.2) is 243 Å². The van der Waals surface area contributed by atoms with Crippen molar-refractivity contribution in [2.45, 2.75) is 0 Å². The molecule has 0 aliphatic carbocycles.